The van der Waals surface area contributed by atoms with E-state index in [-0.39, 0.29) is 11.8 Å². The van der Waals surface area contributed by atoms with Crippen LogP contribution < -0.4 is 0 Å². The fourth-order valence-corrected chi connectivity index (χ4v) is 5.81. The van der Waals surface area contributed by atoms with Crippen LogP contribution in [0.25, 0.3) is 17.1 Å². The van der Waals surface area contributed by atoms with Gasteiger partial charge in [-0.25, -0.2) is 9.97 Å². The summed E-state index contributed by atoms with van der Waals surface area (Å²) < 4.78 is 30.6. The molecule has 146 valence electrons. The molecule has 1 atom stereocenters. The fourth-order valence-electron chi connectivity index (χ4n) is 4.49. The van der Waals surface area contributed by atoms with Crippen molar-refractivity contribution in [3.8, 4) is 11.4 Å². The molecule has 1 aliphatic carbocycles. The molecule has 1 aromatic heterocycles. The van der Waals surface area contributed by atoms with Crippen molar-refractivity contribution in [2.24, 2.45) is 0 Å². The summed E-state index contributed by atoms with van der Waals surface area (Å²) in [6.45, 7) is 1.90. The first-order valence-electron chi connectivity index (χ1n) is 9.92. The van der Waals surface area contributed by atoms with Gasteiger partial charge in [-0.15, -0.1) is 0 Å². The third kappa shape index (κ3) is 3.22. The van der Waals surface area contributed by atoms with Crippen LogP contribution in [0.1, 0.15) is 36.9 Å². The molecular formula is C21H23N3O3S. The van der Waals surface area contributed by atoms with Crippen LogP contribution in [0, 0.1) is 0 Å². The minimum absolute atomic E-state index is 0.0458. The summed E-state index contributed by atoms with van der Waals surface area (Å²) in [5.41, 5.74) is 3.64. The van der Waals surface area contributed by atoms with E-state index in [0.717, 1.165) is 61.2 Å². The van der Waals surface area contributed by atoms with Gasteiger partial charge < -0.3 is 4.18 Å². The third-order valence-corrected chi connectivity index (χ3v) is 7.02. The van der Waals surface area contributed by atoms with Crippen LogP contribution in [0.5, 0.6) is 0 Å². The fraction of sp³-hybridized carbons (Fsp3) is 0.429. The Morgan fingerprint density at radius 2 is 1.82 bits per heavy atom. The first kappa shape index (κ1) is 17.8. The maximum atomic E-state index is 12.5. The molecular weight excluding hydrogens is 374 g/mol. The predicted octanol–water partition coefficient (Wildman–Crippen LogP) is 3.02. The van der Waals surface area contributed by atoms with Crippen molar-refractivity contribution in [3.63, 3.8) is 0 Å². The maximum absolute atomic E-state index is 12.5. The van der Waals surface area contributed by atoms with Gasteiger partial charge in [0, 0.05) is 11.8 Å². The number of benzene rings is 1. The Kier molecular flexibility index (Phi) is 4.44. The van der Waals surface area contributed by atoms with E-state index in [1.54, 1.807) is 6.20 Å². The summed E-state index contributed by atoms with van der Waals surface area (Å²) in [4.78, 5) is 11.6. The standard InChI is InChI=1S/C21H23N3O3S/c25-28(26)14-19(24-11-5-2-6-12-24)16-9-10-18-17(20(16)27-28)13-22-21(23-18)15-7-3-1-4-8-15/h1,3-4,7-8,13,19H,2,5-6,9-12,14H2. The summed E-state index contributed by atoms with van der Waals surface area (Å²) >= 11 is 0. The molecule has 0 spiro atoms. The van der Waals surface area contributed by atoms with Gasteiger partial charge in [-0.3, -0.25) is 4.90 Å². The largest absolute Gasteiger partial charge is 0.382 e. The van der Waals surface area contributed by atoms with Crippen LogP contribution in [0.15, 0.2) is 42.1 Å². The Balaban J connectivity index is 1.56. The maximum Gasteiger partial charge on any atom is 0.311 e. The van der Waals surface area contributed by atoms with Crippen molar-refractivity contribution in [2.75, 3.05) is 18.8 Å². The normalized spacial score (nSPS) is 24.2. The second kappa shape index (κ2) is 6.97. The van der Waals surface area contributed by atoms with E-state index in [2.05, 4.69) is 9.88 Å². The van der Waals surface area contributed by atoms with Crippen molar-refractivity contribution >= 4 is 15.9 Å². The molecule has 6 nitrogen and oxygen atoms in total. The minimum atomic E-state index is -3.61. The zero-order valence-corrected chi connectivity index (χ0v) is 16.5. The van der Waals surface area contributed by atoms with Crippen molar-refractivity contribution < 1.29 is 12.6 Å². The summed E-state index contributed by atoms with van der Waals surface area (Å²) in [5, 5.41) is 0. The number of likely N-dealkylation sites (tertiary alicyclic amines) is 1. The Morgan fingerprint density at radius 3 is 2.61 bits per heavy atom. The zero-order chi connectivity index (χ0) is 19.1. The number of aromatic nitrogens is 2. The molecule has 0 bridgehead atoms. The van der Waals surface area contributed by atoms with Crippen LogP contribution in [0.2, 0.25) is 0 Å². The van der Waals surface area contributed by atoms with Gasteiger partial charge in [0.05, 0.1) is 17.3 Å². The Hall–Kier alpha value is -2.25. The van der Waals surface area contributed by atoms with Gasteiger partial charge in [-0.2, -0.15) is 8.42 Å². The number of rotatable bonds is 2. The number of hydrogen-bond acceptors (Lipinski definition) is 6. The highest BCUT2D eigenvalue weighted by molar-refractivity contribution is 7.87. The lowest BCUT2D eigenvalue weighted by molar-refractivity contribution is 0.186. The Labute approximate surface area is 165 Å². The topological polar surface area (TPSA) is 72.4 Å². The molecule has 3 heterocycles. The number of aryl methyl sites for hydroxylation is 1. The Morgan fingerprint density at radius 1 is 1.04 bits per heavy atom. The van der Waals surface area contributed by atoms with Gasteiger partial charge in [0.1, 0.15) is 5.75 Å². The van der Waals surface area contributed by atoms with Crippen LogP contribution >= 0.6 is 0 Å². The quantitative estimate of drug-likeness (QED) is 0.726. The molecule has 0 amide bonds. The van der Waals surface area contributed by atoms with E-state index in [0.29, 0.717) is 11.6 Å². The number of piperidine rings is 1. The molecule has 2 aliphatic heterocycles. The van der Waals surface area contributed by atoms with Crippen LogP contribution in [-0.4, -0.2) is 48.2 Å². The van der Waals surface area contributed by atoms with E-state index >= 15 is 0 Å². The van der Waals surface area contributed by atoms with E-state index in [9.17, 15) is 8.42 Å². The van der Waals surface area contributed by atoms with Crippen molar-refractivity contribution in [1.82, 2.24) is 14.9 Å². The minimum Gasteiger partial charge on any atom is -0.382 e. The molecule has 0 radical (unpaired) electrons. The molecule has 0 N–H and O–H groups in total. The lowest BCUT2D eigenvalue weighted by atomic mass is 9.89. The molecule has 5 rings (SSSR count). The predicted molar refractivity (Wildman–Crippen MR) is 107 cm³/mol. The van der Waals surface area contributed by atoms with Crippen LogP contribution in [-0.2, 0) is 20.7 Å². The number of fused-ring (bicyclic) bond motifs is 2. The van der Waals surface area contributed by atoms with Gasteiger partial charge >= 0.3 is 10.1 Å². The van der Waals surface area contributed by atoms with Crippen molar-refractivity contribution in [3.05, 3.63) is 53.4 Å². The van der Waals surface area contributed by atoms with Gasteiger partial charge in [-0.05, 0) is 44.3 Å². The van der Waals surface area contributed by atoms with Gasteiger partial charge in [0.2, 0.25) is 0 Å². The highest BCUT2D eigenvalue weighted by Gasteiger charge is 2.40. The SMILES string of the molecule is O=S1(=O)CC(N2CCCCC2)C2=C(O1)c1cnc(-c3ccccc3)nc1CC2. The first-order chi connectivity index (χ1) is 13.6. The first-order valence-corrected chi connectivity index (χ1v) is 11.5. The van der Waals surface area contributed by atoms with E-state index in [1.165, 1.54) is 6.42 Å². The van der Waals surface area contributed by atoms with Crippen LogP contribution in [0.4, 0.5) is 0 Å². The lowest BCUT2D eigenvalue weighted by Gasteiger charge is -2.40. The average molecular weight is 398 g/mol. The molecule has 7 heteroatoms. The number of hydrogen-bond donors (Lipinski definition) is 0. The zero-order valence-electron chi connectivity index (χ0n) is 15.7. The van der Waals surface area contributed by atoms with Gasteiger partial charge in [0.15, 0.2) is 11.6 Å². The van der Waals surface area contributed by atoms with Gasteiger partial charge in [-0.1, -0.05) is 36.8 Å². The molecule has 2 aromatic rings. The van der Waals surface area contributed by atoms with Crippen molar-refractivity contribution in [1.29, 1.82) is 0 Å². The molecule has 1 aromatic carbocycles. The lowest BCUT2D eigenvalue weighted by Crippen LogP contribution is -2.47. The smallest absolute Gasteiger partial charge is 0.311 e. The highest BCUT2D eigenvalue weighted by Crippen LogP contribution is 2.40. The molecule has 1 fully saturated rings. The highest BCUT2D eigenvalue weighted by atomic mass is 32.2. The van der Waals surface area contributed by atoms with Gasteiger partial charge in [0.25, 0.3) is 0 Å². The second-order valence-electron chi connectivity index (χ2n) is 7.69. The second-order valence-corrected chi connectivity index (χ2v) is 9.31. The Bertz CT molecular complexity index is 1030. The summed E-state index contributed by atoms with van der Waals surface area (Å²) in [7, 11) is -3.61. The van der Waals surface area contributed by atoms with E-state index in [4.69, 9.17) is 9.17 Å². The summed E-state index contributed by atoms with van der Waals surface area (Å²) in [6, 6.07) is 9.74. The molecule has 28 heavy (non-hydrogen) atoms. The molecule has 1 unspecified atom stereocenters. The number of nitrogens with zero attached hydrogens (tertiary/aromatic N) is 3. The molecule has 1 saturated heterocycles. The third-order valence-electron chi connectivity index (χ3n) is 5.87. The van der Waals surface area contributed by atoms with E-state index in [1.807, 2.05) is 30.3 Å². The summed E-state index contributed by atoms with van der Waals surface area (Å²) in [5.74, 6) is 1.18. The van der Waals surface area contributed by atoms with Crippen molar-refractivity contribution in [2.45, 2.75) is 38.1 Å². The van der Waals surface area contributed by atoms with E-state index < -0.39 is 10.1 Å². The molecule has 0 saturated carbocycles. The average Bonchev–Trinajstić information content (AvgIpc) is 2.73. The van der Waals surface area contributed by atoms with Crippen LogP contribution in [0.3, 0.4) is 0 Å². The monoisotopic (exact) mass is 397 g/mol. The summed E-state index contributed by atoms with van der Waals surface area (Å²) in [6.07, 6.45) is 6.76. The molecule has 3 aliphatic rings.